The molecule has 0 bridgehead atoms. The summed E-state index contributed by atoms with van der Waals surface area (Å²) in [5, 5.41) is 0.260. The van der Waals surface area contributed by atoms with Gasteiger partial charge in [-0.1, -0.05) is 27.5 Å². The predicted molar refractivity (Wildman–Crippen MR) is 105 cm³/mol. The van der Waals surface area contributed by atoms with Crippen LogP contribution in [-0.4, -0.2) is 38.9 Å². The summed E-state index contributed by atoms with van der Waals surface area (Å²) in [7, 11) is -2.37. The van der Waals surface area contributed by atoms with Crippen molar-refractivity contribution in [2.24, 2.45) is 0 Å². The Hall–Kier alpha value is -1.61. The molecule has 27 heavy (non-hydrogen) atoms. The summed E-state index contributed by atoms with van der Waals surface area (Å²) in [6, 6.07) is 9.02. The number of methoxy groups -OCH3 is 1. The summed E-state index contributed by atoms with van der Waals surface area (Å²) in [5.74, 6) is -0.343. The second kappa shape index (κ2) is 8.18. The fourth-order valence-corrected chi connectivity index (χ4v) is 5.20. The highest BCUT2D eigenvalue weighted by molar-refractivity contribution is 9.10. The Morgan fingerprint density at radius 1 is 1.11 bits per heavy atom. The minimum Gasteiger partial charge on any atom is -0.495 e. The molecule has 9 heteroatoms. The molecule has 3 rings (SSSR count). The molecule has 144 valence electrons. The Kier molecular flexibility index (Phi) is 6.10. The van der Waals surface area contributed by atoms with Gasteiger partial charge in [0.2, 0.25) is 10.0 Å². The van der Waals surface area contributed by atoms with E-state index >= 15 is 0 Å². The van der Waals surface area contributed by atoms with Crippen LogP contribution < -0.4 is 9.47 Å². The van der Waals surface area contributed by atoms with E-state index in [0.29, 0.717) is 13.1 Å². The van der Waals surface area contributed by atoms with E-state index in [1.807, 2.05) is 0 Å². The highest BCUT2D eigenvalue weighted by Crippen LogP contribution is 2.31. The highest BCUT2D eigenvalue weighted by atomic mass is 79.9. The van der Waals surface area contributed by atoms with Crippen LogP contribution in [0.25, 0.3) is 0 Å². The van der Waals surface area contributed by atoms with Crippen molar-refractivity contribution in [1.29, 1.82) is 0 Å². The summed E-state index contributed by atoms with van der Waals surface area (Å²) in [4.78, 5) is 12.5. The number of esters is 1. The van der Waals surface area contributed by atoms with E-state index in [2.05, 4.69) is 15.9 Å². The number of carbonyl (C=O) groups is 1. The summed E-state index contributed by atoms with van der Waals surface area (Å²) in [5.41, 5.74) is 0.0903. The number of hydrogen-bond acceptors (Lipinski definition) is 5. The highest BCUT2D eigenvalue weighted by Gasteiger charge is 2.31. The fourth-order valence-electron chi connectivity index (χ4n) is 2.79. The summed E-state index contributed by atoms with van der Waals surface area (Å²) in [6.07, 6.45) is 1.62. The van der Waals surface area contributed by atoms with Crippen molar-refractivity contribution in [3.05, 3.63) is 51.5 Å². The van der Waals surface area contributed by atoms with E-state index in [1.54, 1.807) is 18.2 Å². The molecule has 0 amide bonds. The van der Waals surface area contributed by atoms with Crippen LogP contribution in [-0.2, 0) is 10.0 Å². The number of halogens is 2. The summed E-state index contributed by atoms with van der Waals surface area (Å²) >= 11 is 9.35. The maximum absolute atomic E-state index is 12.9. The van der Waals surface area contributed by atoms with Gasteiger partial charge in [-0.05, 0) is 49.2 Å². The van der Waals surface area contributed by atoms with Crippen molar-refractivity contribution >= 4 is 43.5 Å². The van der Waals surface area contributed by atoms with Crippen molar-refractivity contribution in [1.82, 2.24) is 4.31 Å². The normalized spacial score (nSPS) is 14.9. The molecule has 0 unspecified atom stereocenters. The molecule has 0 spiro atoms. The van der Waals surface area contributed by atoms with Crippen LogP contribution in [0.5, 0.6) is 11.5 Å². The average molecular weight is 475 g/mol. The Labute approximate surface area is 171 Å². The Morgan fingerprint density at radius 3 is 2.41 bits per heavy atom. The van der Waals surface area contributed by atoms with Gasteiger partial charge in [0, 0.05) is 17.6 Å². The number of rotatable bonds is 5. The second-order valence-electron chi connectivity index (χ2n) is 5.94. The summed E-state index contributed by atoms with van der Waals surface area (Å²) in [6.45, 7) is 0.906. The number of benzene rings is 2. The maximum Gasteiger partial charge on any atom is 0.343 e. The van der Waals surface area contributed by atoms with E-state index < -0.39 is 16.0 Å². The average Bonchev–Trinajstić information content (AvgIpc) is 3.19. The summed E-state index contributed by atoms with van der Waals surface area (Å²) < 4.78 is 38.5. The molecule has 0 radical (unpaired) electrons. The van der Waals surface area contributed by atoms with Crippen LogP contribution >= 0.6 is 27.5 Å². The molecule has 6 nitrogen and oxygen atoms in total. The van der Waals surface area contributed by atoms with Crippen LogP contribution in [0.15, 0.2) is 45.8 Å². The standard InChI is InChI=1S/C18H17BrClNO5S/c1-25-16-6-4-12(10-17(16)27(23,24)21-8-2-3-9-21)18(22)26-15-7-5-13(19)11-14(15)20/h4-7,10-11H,2-3,8-9H2,1H3. The van der Waals surface area contributed by atoms with Crippen molar-refractivity contribution in [2.45, 2.75) is 17.7 Å². The third-order valence-electron chi connectivity index (χ3n) is 4.18. The zero-order valence-corrected chi connectivity index (χ0v) is 17.6. The first kappa shape index (κ1) is 20.1. The fraction of sp³-hybridized carbons (Fsp3) is 0.278. The lowest BCUT2D eigenvalue weighted by molar-refractivity contribution is 0.0734. The van der Waals surface area contributed by atoms with E-state index in [9.17, 15) is 13.2 Å². The molecule has 0 aromatic heterocycles. The second-order valence-corrected chi connectivity index (χ2v) is 9.17. The third kappa shape index (κ3) is 4.29. The van der Waals surface area contributed by atoms with Gasteiger partial charge in [0.05, 0.1) is 17.7 Å². The smallest absolute Gasteiger partial charge is 0.343 e. The first-order valence-electron chi connectivity index (χ1n) is 8.18. The van der Waals surface area contributed by atoms with E-state index in [-0.39, 0.29) is 27.0 Å². The lowest BCUT2D eigenvalue weighted by atomic mass is 10.2. The molecule has 1 fully saturated rings. The van der Waals surface area contributed by atoms with Gasteiger partial charge in [-0.2, -0.15) is 4.31 Å². The molecule has 0 aliphatic carbocycles. The Balaban J connectivity index is 1.93. The zero-order valence-electron chi connectivity index (χ0n) is 14.4. The van der Waals surface area contributed by atoms with Crippen LogP contribution in [0.2, 0.25) is 5.02 Å². The first-order valence-corrected chi connectivity index (χ1v) is 10.8. The molecule has 0 saturated carbocycles. The number of nitrogens with zero attached hydrogens (tertiary/aromatic N) is 1. The number of hydrogen-bond donors (Lipinski definition) is 0. The van der Waals surface area contributed by atoms with Crippen LogP contribution in [0.1, 0.15) is 23.2 Å². The van der Waals surface area contributed by atoms with Crippen LogP contribution in [0, 0.1) is 0 Å². The minimum atomic E-state index is -3.76. The molecule has 1 saturated heterocycles. The zero-order chi connectivity index (χ0) is 19.6. The quantitative estimate of drug-likeness (QED) is 0.481. The van der Waals surface area contributed by atoms with Gasteiger partial charge in [0.15, 0.2) is 0 Å². The lowest BCUT2D eigenvalue weighted by Gasteiger charge is -2.18. The van der Waals surface area contributed by atoms with Crippen LogP contribution in [0.3, 0.4) is 0 Å². The first-order chi connectivity index (χ1) is 12.8. The minimum absolute atomic E-state index is 0.0525. The van der Waals surface area contributed by atoms with Crippen LogP contribution in [0.4, 0.5) is 0 Å². The monoisotopic (exact) mass is 473 g/mol. The number of sulfonamides is 1. The Morgan fingerprint density at radius 2 is 1.78 bits per heavy atom. The number of ether oxygens (including phenoxy) is 2. The molecule has 2 aromatic carbocycles. The molecule has 0 atom stereocenters. The molecule has 0 N–H and O–H groups in total. The molecular formula is C18H17BrClNO5S. The van der Waals surface area contributed by atoms with Crippen molar-refractivity contribution in [2.75, 3.05) is 20.2 Å². The van der Waals surface area contributed by atoms with Gasteiger partial charge in [-0.3, -0.25) is 0 Å². The van der Waals surface area contributed by atoms with E-state index in [4.69, 9.17) is 21.1 Å². The van der Waals surface area contributed by atoms with Gasteiger partial charge in [0.25, 0.3) is 0 Å². The third-order valence-corrected chi connectivity index (χ3v) is 6.89. The molecule has 1 aliphatic rings. The molecule has 1 heterocycles. The van der Waals surface area contributed by atoms with E-state index in [0.717, 1.165) is 17.3 Å². The van der Waals surface area contributed by atoms with Gasteiger partial charge in [-0.15, -0.1) is 0 Å². The largest absolute Gasteiger partial charge is 0.495 e. The molecular weight excluding hydrogens is 458 g/mol. The molecule has 2 aromatic rings. The van der Waals surface area contributed by atoms with Gasteiger partial charge < -0.3 is 9.47 Å². The Bertz CT molecular complexity index is 974. The van der Waals surface area contributed by atoms with Crippen molar-refractivity contribution in [3.63, 3.8) is 0 Å². The van der Waals surface area contributed by atoms with Crippen molar-refractivity contribution < 1.29 is 22.7 Å². The SMILES string of the molecule is COc1ccc(C(=O)Oc2ccc(Br)cc2Cl)cc1S(=O)(=O)N1CCCC1. The maximum atomic E-state index is 12.9. The van der Waals surface area contributed by atoms with Gasteiger partial charge in [0.1, 0.15) is 16.4 Å². The number of carbonyl (C=O) groups excluding carboxylic acids is 1. The lowest BCUT2D eigenvalue weighted by Crippen LogP contribution is -2.28. The van der Waals surface area contributed by atoms with Gasteiger partial charge in [-0.25, -0.2) is 13.2 Å². The van der Waals surface area contributed by atoms with Crippen molar-refractivity contribution in [3.8, 4) is 11.5 Å². The predicted octanol–water partition coefficient (Wildman–Crippen LogP) is 4.11. The van der Waals surface area contributed by atoms with E-state index in [1.165, 1.54) is 29.6 Å². The van der Waals surface area contributed by atoms with Gasteiger partial charge >= 0.3 is 5.97 Å². The topological polar surface area (TPSA) is 72.9 Å². The molecule has 1 aliphatic heterocycles.